The van der Waals surface area contributed by atoms with E-state index in [0.29, 0.717) is 12.2 Å². The number of thiazole rings is 1. The minimum absolute atomic E-state index is 0.0797. The minimum atomic E-state index is -3.26. The fraction of sp³-hybridized carbons (Fsp3) is 0.385. The highest BCUT2D eigenvalue weighted by atomic mass is 32.2. The molecule has 2 aromatic rings. The van der Waals surface area contributed by atoms with E-state index in [0.717, 1.165) is 14.6 Å². The summed E-state index contributed by atoms with van der Waals surface area (Å²) in [6, 6.07) is 9.84. The van der Waals surface area contributed by atoms with Crippen molar-refractivity contribution >= 4 is 43.3 Å². The van der Waals surface area contributed by atoms with Crippen LogP contribution in [0, 0.1) is 11.3 Å². The lowest BCUT2D eigenvalue weighted by molar-refractivity contribution is 0.581. The molecule has 8 heteroatoms. The van der Waals surface area contributed by atoms with Gasteiger partial charge in [-0.1, -0.05) is 23.9 Å². The molecule has 0 aliphatic carbocycles. The quantitative estimate of drug-likeness (QED) is 0.589. The third-order valence-electron chi connectivity index (χ3n) is 2.62. The van der Waals surface area contributed by atoms with E-state index in [9.17, 15) is 8.42 Å². The molecule has 1 heterocycles. The van der Waals surface area contributed by atoms with Crippen molar-refractivity contribution in [2.45, 2.75) is 17.2 Å². The van der Waals surface area contributed by atoms with Crippen molar-refractivity contribution in [3.8, 4) is 6.07 Å². The van der Waals surface area contributed by atoms with Crippen molar-refractivity contribution in [3.63, 3.8) is 0 Å². The first kappa shape index (κ1) is 16.2. The molecular weight excluding hydrogens is 326 g/mol. The van der Waals surface area contributed by atoms with Crippen LogP contribution in [0.25, 0.3) is 10.2 Å². The highest BCUT2D eigenvalue weighted by Gasteiger charge is 2.09. The van der Waals surface area contributed by atoms with Crippen LogP contribution in [0.15, 0.2) is 28.6 Å². The standard InChI is InChI=1S/C13H15N3O2S3/c14-7-3-8-15-21(17,18)10-4-9-19-13-16-11-5-1-2-6-12(11)20-13/h1-2,5-6,15H,3-4,8-10H2. The molecule has 0 aliphatic heterocycles. The molecule has 112 valence electrons. The number of fused-ring (bicyclic) bond motifs is 1. The van der Waals surface area contributed by atoms with Crippen LogP contribution < -0.4 is 4.72 Å². The Bertz CT molecular complexity index is 701. The SMILES string of the molecule is N#CCCNS(=O)(=O)CCCSc1nc2ccccc2s1. The molecule has 1 aromatic heterocycles. The van der Waals surface area contributed by atoms with Crippen molar-refractivity contribution in [1.29, 1.82) is 5.26 Å². The van der Waals surface area contributed by atoms with Crippen LogP contribution in [-0.4, -0.2) is 31.5 Å². The number of hydrogen-bond acceptors (Lipinski definition) is 6. The Morgan fingerprint density at radius 3 is 2.95 bits per heavy atom. The molecule has 0 saturated heterocycles. The Morgan fingerprint density at radius 2 is 2.19 bits per heavy atom. The van der Waals surface area contributed by atoms with E-state index in [2.05, 4.69) is 9.71 Å². The zero-order chi connectivity index (χ0) is 15.1. The summed E-state index contributed by atoms with van der Waals surface area (Å²) in [6.45, 7) is 0.184. The summed E-state index contributed by atoms with van der Waals surface area (Å²) in [5.74, 6) is 0.787. The van der Waals surface area contributed by atoms with Crippen LogP contribution in [-0.2, 0) is 10.0 Å². The second kappa shape index (κ2) is 7.75. The second-order valence-corrected chi connectivity index (χ2v) is 8.57. The van der Waals surface area contributed by atoms with Crippen LogP contribution in [0.3, 0.4) is 0 Å². The molecule has 0 fully saturated rings. The van der Waals surface area contributed by atoms with E-state index in [1.807, 2.05) is 30.3 Å². The normalized spacial score (nSPS) is 11.6. The zero-order valence-corrected chi connectivity index (χ0v) is 13.7. The van der Waals surface area contributed by atoms with Gasteiger partial charge in [0.15, 0.2) is 4.34 Å². The maximum absolute atomic E-state index is 11.6. The van der Waals surface area contributed by atoms with Gasteiger partial charge >= 0.3 is 0 Å². The smallest absolute Gasteiger partial charge is 0.211 e. The molecule has 0 bridgehead atoms. The van der Waals surface area contributed by atoms with Gasteiger partial charge in [-0.05, 0) is 18.6 Å². The molecule has 0 atom stereocenters. The molecule has 0 amide bonds. The predicted octanol–water partition coefficient (Wildman–Crippen LogP) is 2.61. The molecule has 0 spiro atoms. The topological polar surface area (TPSA) is 82.9 Å². The van der Waals surface area contributed by atoms with Gasteiger partial charge in [-0.25, -0.2) is 18.1 Å². The summed E-state index contributed by atoms with van der Waals surface area (Å²) in [5, 5.41) is 8.37. The maximum Gasteiger partial charge on any atom is 0.211 e. The molecule has 0 radical (unpaired) electrons. The molecule has 1 N–H and O–H groups in total. The van der Waals surface area contributed by atoms with Crippen LogP contribution in [0.1, 0.15) is 12.8 Å². The van der Waals surface area contributed by atoms with Gasteiger partial charge in [0.05, 0.1) is 22.0 Å². The number of sulfonamides is 1. The van der Waals surface area contributed by atoms with Crippen LogP contribution >= 0.6 is 23.1 Å². The van der Waals surface area contributed by atoms with E-state index in [-0.39, 0.29) is 18.7 Å². The Labute approximate surface area is 132 Å². The third kappa shape index (κ3) is 5.28. The largest absolute Gasteiger partial charge is 0.230 e. The number of aromatic nitrogens is 1. The summed E-state index contributed by atoms with van der Waals surface area (Å²) in [7, 11) is -3.26. The summed E-state index contributed by atoms with van der Waals surface area (Å²) >= 11 is 3.20. The minimum Gasteiger partial charge on any atom is -0.230 e. The van der Waals surface area contributed by atoms with Gasteiger partial charge in [-0.3, -0.25) is 0 Å². The molecule has 1 aromatic carbocycles. The number of para-hydroxylation sites is 1. The van der Waals surface area contributed by atoms with Gasteiger partial charge < -0.3 is 0 Å². The third-order valence-corrected chi connectivity index (χ3v) is 6.35. The average molecular weight is 341 g/mol. The van der Waals surface area contributed by atoms with Crippen LogP contribution in [0.2, 0.25) is 0 Å². The van der Waals surface area contributed by atoms with E-state index in [1.165, 1.54) is 0 Å². The summed E-state index contributed by atoms with van der Waals surface area (Å²) in [6.07, 6.45) is 0.752. The predicted molar refractivity (Wildman–Crippen MR) is 87.0 cm³/mol. The van der Waals surface area contributed by atoms with E-state index in [4.69, 9.17) is 5.26 Å². The fourth-order valence-corrected chi connectivity index (χ4v) is 5.00. The van der Waals surface area contributed by atoms with Gasteiger partial charge in [-0.2, -0.15) is 5.26 Å². The maximum atomic E-state index is 11.6. The molecule has 0 saturated carbocycles. The first-order chi connectivity index (χ1) is 10.1. The Morgan fingerprint density at radius 1 is 1.38 bits per heavy atom. The van der Waals surface area contributed by atoms with E-state index >= 15 is 0 Å². The number of hydrogen-bond donors (Lipinski definition) is 1. The monoisotopic (exact) mass is 341 g/mol. The first-order valence-electron chi connectivity index (χ1n) is 6.43. The lowest BCUT2D eigenvalue weighted by Crippen LogP contribution is -2.27. The summed E-state index contributed by atoms with van der Waals surface area (Å²) < 4.78 is 27.7. The highest BCUT2D eigenvalue weighted by Crippen LogP contribution is 2.29. The van der Waals surface area contributed by atoms with Gasteiger partial charge in [0.25, 0.3) is 0 Å². The van der Waals surface area contributed by atoms with Crippen LogP contribution in [0.4, 0.5) is 0 Å². The summed E-state index contributed by atoms with van der Waals surface area (Å²) in [5.41, 5.74) is 0.982. The van der Waals surface area contributed by atoms with Gasteiger partial charge in [0, 0.05) is 18.7 Å². The number of nitrogens with zero attached hydrogens (tertiary/aromatic N) is 2. The van der Waals surface area contributed by atoms with Crippen LogP contribution in [0.5, 0.6) is 0 Å². The van der Waals surface area contributed by atoms with Crippen molar-refractivity contribution in [3.05, 3.63) is 24.3 Å². The molecule has 0 unspecified atom stereocenters. The molecule has 21 heavy (non-hydrogen) atoms. The molecule has 0 aliphatic rings. The zero-order valence-electron chi connectivity index (χ0n) is 11.3. The highest BCUT2D eigenvalue weighted by molar-refractivity contribution is 8.01. The Hall–Kier alpha value is -1.14. The van der Waals surface area contributed by atoms with E-state index in [1.54, 1.807) is 23.1 Å². The Kier molecular flexibility index (Phi) is 5.99. The number of benzene rings is 1. The van der Waals surface area contributed by atoms with Crippen molar-refractivity contribution in [1.82, 2.24) is 9.71 Å². The number of nitrogens with one attached hydrogen (secondary N) is 1. The Balaban J connectivity index is 1.75. The molecule has 2 rings (SSSR count). The molecular formula is C13H15N3O2S3. The van der Waals surface area contributed by atoms with Gasteiger partial charge in [-0.15, -0.1) is 11.3 Å². The number of rotatable bonds is 8. The van der Waals surface area contributed by atoms with Gasteiger partial charge in [0.2, 0.25) is 10.0 Å². The average Bonchev–Trinajstić information content (AvgIpc) is 2.86. The van der Waals surface area contributed by atoms with Crippen molar-refractivity contribution < 1.29 is 8.42 Å². The van der Waals surface area contributed by atoms with Crippen molar-refractivity contribution in [2.24, 2.45) is 0 Å². The van der Waals surface area contributed by atoms with Crippen molar-refractivity contribution in [2.75, 3.05) is 18.1 Å². The lowest BCUT2D eigenvalue weighted by Gasteiger charge is -2.03. The number of thioether (sulfide) groups is 1. The second-order valence-electron chi connectivity index (χ2n) is 4.27. The number of nitriles is 1. The van der Waals surface area contributed by atoms with E-state index < -0.39 is 10.0 Å². The lowest BCUT2D eigenvalue weighted by atomic mass is 10.3. The van der Waals surface area contributed by atoms with Gasteiger partial charge in [0.1, 0.15) is 0 Å². The summed E-state index contributed by atoms with van der Waals surface area (Å²) in [4.78, 5) is 4.49. The molecule has 5 nitrogen and oxygen atoms in total. The first-order valence-corrected chi connectivity index (χ1v) is 9.89. The fourth-order valence-electron chi connectivity index (χ4n) is 1.66.